The van der Waals surface area contributed by atoms with Crippen LogP contribution in [0.2, 0.25) is 0 Å². The van der Waals surface area contributed by atoms with Crippen LogP contribution in [0.3, 0.4) is 0 Å². The van der Waals surface area contributed by atoms with Gasteiger partial charge in [-0.2, -0.15) is 0 Å². The molecule has 2 aromatic rings. The van der Waals surface area contributed by atoms with Crippen molar-refractivity contribution in [3.63, 3.8) is 0 Å². The quantitative estimate of drug-likeness (QED) is 0.859. The van der Waals surface area contributed by atoms with Crippen molar-refractivity contribution in [1.82, 2.24) is 10.2 Å². The van der Waals surface area contributed by atoms with E-state index >= 15 is 0 Å². The Morgan fingerprint density at radius 2 is 1.92 bits per heavy atom. The van der Waals surface area contributed by atoms with Gasteiger partial charge in [-0.3, -0.25) is 9.69 Å². The predicted molar refractivity (Wildman–Crippen MR) is 101 cm³/mol. The molecule has 1 fully saturated rings. The lowest BCUT2D eigenvalue weighted by atomic mass is 10.2. The highest BCUT2D eigenvalue weighted by Gasteiger charge is 2.25. The molecule has 0 spiro atoms. The van der Waals surface area contributed by atoms with E-state index in [0.29, 0.717) is 6.54 Å². The molecule has 0 radical (unpaired) electrons. The number of piperazine rings is 1. The summed E-state index contributed by atoms with van der Waals surface area (Å²) in [7, 11) is 0. The van der Waals surface area contributed by atoms with Crippen molar-refractivity contribution < 1.29 is 9.18 Å². The predicted octanol–water partition coefficient (Wildman–Crippen LogP) is 2.76. The van der Waals surface area contributed by atoms with Gasteiger partial charge in [-0.15, -0.1) is 11.3 Å². The Hall–Kier alpha value is -1.92. The van der Waals surface area contributed by atoms with Crippen LogP contribution < -0.4 is 10.2 Å². The molecule has 3 rings (SSSR count). The highest BCUT2D eigenvalue weighted by Crippen LogP contribution is 2.18. The molecule has 6 heteroatoms. The Kier molecular flexibility index (Phi) is 6.04. The summed E-state index contributed by atoms with van der Waals surface area (Å²) in [4.78, 5) is 18.1. The summed E-state index contributed by atoms with van der Waals surface area (Å²) in [6.45, 7) is 6.00. The average molecular weight is 361 g/mol. The summed E-state index contributed by atoms with van der Waals surface area (Å²) in [5.74, 6) is -0.123. The first-order chi connectivity index (χ1) is 12.1. The van der Waals surface area contributed by atoms with E-state index in [1.54, 1.807) is 11.3 Å². The molecular weight excluding hydrogens is 337 g/mol. The van der Waals surface area contributed by atoms with Crippen molar-refractivity contribution >= 4 is 22.9 Å². The minimum atomic E-state index is -0.213. The molecule has 0 aliphatic carbocycles. The molecule has 0 saturated carbocycles. The standard InChI is InChI=1S/C19H24FN3OS/c1-15(19(24)21-9-8-18-3-2-14-25-18)22-10-12-23(13-11-22)17-6-4-16(20)5-7-17/h2-7,14-15H,8-13H2,1H3,(H,21,24)/t15-/m1/s1. The second-order valence-corrected chi connectivity index (χ2v) is 7.33. The SMILES string of the molecule is C[C@H](C(=O)NCCc1cccs1)N1CCN(c2ccc(F)cc2)CC1. The molecular formula is C19H24FN3OS. The normalized spacial score (nSPS) is 16.6. The molecule has 1 aromatic heterocycles. The maximum Gasteiger partial charge on any atom is 0.237 e. The highest BCUT2D eigenvalue weighted by molar-refractivity contribution is 7.09. The molecule has 134 valence electrons. The zero-order chi connectivity index (χ0) is 17.6. The molecule has 1 aliphatic rings. The average Bonchev–Trinajstić information content (AvgIpc) is 3.15. The number of hydrogen-bond acceptors (Lipinski definition) is 4. The number of carbonyl (C=O) groups excluding carboxylic acids is 1. The van der Waals surface area contributed by atoms with Gasteiger partial charge in [0.05, 0.1) is 6.04 Å². The number of thiophene rings is 1. The lowest BCUT2D eigenvalue weighted by Gasteiger charge is -2.38. The number of rotatable bonds is 6. The second kappa shape index (κ2) is 8.45. The van der Waals surface area contributed by atoms with Gasteiger partial charge in [-0.1, -0.05) is 6.07 Å². The van der Waals surface area contributed by atoms with Crippen LogP contribution in [0.4, 0.5) is 10.1 Å². The van der Waals surface area contributed by atoms with Crippen molar-refractivity contribution in [3.8, 4) is 0 Å². The molecule has 0 bridgehead atoms. The smallest absolute Gasteiger partial charge is 0.237 e. The molecule has 4 nitrogen and oxygen atoms in total. The van der Waals surface area contributed by atoms with Gasteiger partial charge in [-0.05, 0) is 49.1 Å². The molecule has 0 unspecified atom stereocenters. The van der Waals surface area contributed by atoms with E-state index in [1.807, 2.05) is 25.1 Å². The maximum absolute atomic E-state index is 13.0. The first-order valence-electron chi connectivity index (χ1n) is 8.68. The van der Waals surface area contributed by atoms with Gasteiger partial charge in [0.25, 0.3) is 0 Å². The molecule has 1 saturated heterocycles. The van der Waals surface area contributed by atoms with E-state index in [2.05, 4.69) is 26.6 Å². The van der Waals surface area contributed by atoms with Crippen molar-refractivity contribution in [2.24, 2.45) is 0 Å². The van der Waals surface area contributed by atoms with Gasteiger partial charge in [0.15, 0.2) is 0 Å². The fourth-order valence-corrected chi connectivity index (χ4v) is 3.81. The van der Waals surface area contributed by atoms with E-state index in [1.165, 1.54) is 17.0 Å². The molecule has 1 amide bonds. The Labute approximate surface area is 152 Å². The third-order valence-corrected chi connectivity index (χ3v) is 5.62. The lowest BCUT2D eigenvalue weighted by molar-refractivity contribution is -0.125. The van der Waals surface area contributed by atoms with Gasteiger partial charge in [0.2, 0.25) is 5.91 Å². The van der Waals surface area contributed by atoms with E-state index < -0.39 is 0 Å². The minimum absolute atomic E-state index is 0.0896. The summed E-state index contributed by atoms with van der Waals surface area (Å²) in [6.07, 6.45) is 0.883. The molecule has 1 atom stereocenters. The number of nitrogens with zero attached hydrogens (tertiary/aromatic N) is 2. The van der Waals surface area contributed by atoms with Gasteiger partial charge in [0, 0.05) is 43.3 Å². The third-order valence-electron chi connectivity index (χ3n) is 4.68. The minimum Gasteiger partial charge on any atom is -0.369 e. The van der Waals surface area contributed by atoms with Crippen LogP contribution in [0.15, 0.2) is 41.8 Å². The van der Waals surface area contributed by atoms with Gasteiger partial charge in [-0.25, -0.2) is 4.39 Å². The molecule has 1 aromatic carbocycles. The van der Waals surface area contributed by atoms with Crippen molar-refractivity contribution in [3.05, 3.63) is 52.5 Å². The Morgan fingerprint density at radius 3 is 2.56 bits per heavy atom. The Balaban J connectivity index is 1.43. The number of hydrogen-bond donors (Lipinski definition) is 1. The maximum atomic E-state index is 13.0. The molecule has 1 N–H and O–H groups in total. The number of anilines is 1. The molecule has 1 aliphatic heterocycles. The first-order valence-corrected chi connectivity index (χ1v) is 9.56. The highest BCUT2D eigenvalue weighted by atomic mass is 32.1. The number of amides is 1. The van der Waals surface area contributed by atoms with Gasteiger partial charge >= 0.3 is 0 Å². The van der Waals surface area contributed by atoms with E-state index in [-0.39, 0.29) is 17.8 Å². The lowest BCUT2D eigenvalue weighted by Crippen LogP contribution is -2.54. The van der Waals surface area contributed by atoms with Crippen LogP contribution in [-0.2, 0) is 11.2 Å². The van der Waals surface area contributed by atoms with Crippen LogP contribution in [-0.4, -0.2) is 49.6 Å². The monoisotopic (exact) mass is 361 g/mol. The van der Waals surface area contributed by atoms with Crippen LogP contribution >= 0.6 is 11.3 Å². The van der Waals surface area contributed by atoms with Crippen LogP contribution in [0.25, 0.3) is 0 Å². The van der Waals surface area contributed by atoms with Gasteiger partial charge < -0.3 is 10.2 Å². The van der Waals surface area contributed by atoms with E-state index in [4.69, 9.17) is 0 Å². The summed E-state index contributed by atoms with van der Waals surface area (Å²) >= 11 is 1.72. The number of halogens is 1. The van der Waals surface area contributed by atoms with E-state index in [0.717, 1.165) is 38.3 Å². The summed E-state index contributed by atoms with van der Waals surface area (Å²) < 4.78 is 13.0. The zero-order valence-electron chi connectivity index (χ0n) is 14.5. The van der Waals surface area contributed by atoms with Crippen molar-refractivity contribution in [2.45, 2.75) is 19.4 Å². The third kappa shape index (κ3) is 4.80. The van der Waals surface area contributed by atoms with E-state index in [9.17, 15) is 9.18 Å². The number of nitrogens with one attached hydrogen (secondary N) is 1. The van der Waals surface area contributed by atoms with Crippen LogP contribution in [0.1, 0.15) is 11.8 Å². The van der Waals surface area contributed by atoms with Gasteiger partial charge in [0.1, 0.15) is 5.82 Å². The summed E-state index contributed by atoms with van der Waals surface area (Å²) in [6, 6.07) is 10.6. The summed E-state index contributed by atoms with van der Waals surface area (Å²) in [5, 5.41) is 5.09. The first kappa shape index (κ1) is 17.9. The van der Waals surface area contributed by atoms with Crippen LogP contribution in [0.5, 0.6) is 0 Å². The largest absolute Gasteiger partial charge is 0.369 e. The topological polar surface area (TPSA) is 35.6 Å². The molecule has 25 heavy (non-hydrogen) atoms. The fourth-order valence-electron chi connectivity index (χ4n) is 3.10. The zero-order valence-corrected chi connectivity index (χ0v) is 15.3. The molecule has 2 heterocycles. The van der Waals surface area contributed by atoms with Crippen LogP contribution in [0, 0.1) is 5.82 Å². The summed E-state index contributed by atoms with van der Waals surface area (Å²) in [5.41, 5.74) is 1.04. The van der Waals surface area contributed by atoms with Crippen molar-refractivity contribution in [1.29, 1.82) is 0 Å². The number of benzene rings is 1. The fraction of sp³-hybridized carbons (Fsp3) is 0.421. The van der Waals surface area contributed by atoms with Crippen molar-refractivity contribution in [2.75, 3.05) is 37.6 Å². The number of carbonyl (C=O) groups is 1. The second-order valence-electron chi connectivity index (χ2n) is 6.30. The Bertz CT molecular complexity index is 666. The Morgan fingerprint density at radius 1 is 1.20 bits per heavy atom.